The van der Waals surface area contributed by atoms with Crippen LogP contribution in [-0.2, 0) is 14.2 Å². The molecule has 0 spiro atoms. The summed E-state index contributed by atoms with van der Waals surface area (Å²) in [5.41, 5.74) is 0. The van der Waals surface area contributed by atoms with Gasteiger partial charge in [-0.2, -0.15) is 0 Å². The van der Waals surface area contributed by atoms with E-state index in [2.05, 4.69) is 6.92 Å². The van der Waals surface area contributed by atoms with Gasteiger partial charge >= 0.3 is 0 Å². The van der Waals surface area contributed by atoms with Gasteiger partial charge in [0.1, 0.15) is 12.2 Å². The topological polar surface area (TPSA) is 54.5 Å². The van der Waals surface area contributed by atoms with Crippen LogP contribution >= 0.6 is 0 Å². The lowest BCUT2D eigenvalue weighted by Gasteiger charge is -1.95. The molecular weight excluding hydrogens is 196 g/mol. The summed E-state index contributed by atoms with van der Waals surface area (Å²) in [6.45, 7) is 5.74. The SMILES string of the molecule is C(OCC1CO1)C1CO1.CCCCCO. The van der Waals surface area contributed by atoms with Gasteiger partial charge in [-0.25, -0.2) is 0 Å². The van der Waals surface area contributed by atoms with Crippen LogP contribution in [0.2, 0.25) is 0 Å². The van der Waals surface area contributed by atoms with Crippen molar-refractivity contribution in [1.29, 1.82) is 0 Å². The number of rotatable bonds is 7. The van der Waals surface area contributed by atoms with Crippen LogP contribution < -0.4 is 0 Å². The third kappa shape index (κ3) is 8.81. The zero-order chi connectivity index (χ0) is 10.9. The van der Waals surface area contributed by atoms with E-state index in [0.29, 0.717) is 18.8 Å². The molecule has 0 aliphatic carbocycles. The van der Waals surface area contributed by atoms with Crippen molar-refractivity contribution in [3.63, 3.8) is 0 Å². The molecule has 0 aromatic carbocycles. The minimum Gasteiger partial charge on any atom is -0.396 e. The van der Waals surface area contributed by atoms with Crippen molar-refractivity contribution < 1.29 is 19.3 Å². The molecule has 2 saturated heterocycles. The van der Waals surface area contributed by atoms with Crippen LogP contribution in [0.5, 0.6) is 0 Å². The van der Waals surface area contributed by atoms with E-state index in [0.717, 1.165) is 39.3 Å². The molecule has 2 rings (SSSR count). The molecule has 0 saturated carbocycles. The molecule has 0 amide bonds. The molecule has 2 atom stereocenters. The van der Waals surface area contributed by atoms with Crippen LogP contribution in [-0.4, -0.2) is 50.3 Å². The molecule has 0 radical (unpaired) electrons. The molecule has 0 bridgehead atoms. The highest BCUT2D eigenvalue weighted by atomic mass is 16.6. The van der Waals surface area contributed by atoms with E-state index in [4.69, 9.17) is 19.3 Å². The minimum absolute atomic E-state index is 0.355. The monoisotopic (exact) mass is 218 g/mol. The molecule has 2 fully saturated rings. The first-order valence-corrected chi connectivity index (χ1v) is 5.78. The highest BCUT2D eigenvalue weighted by Crippen LogP contribution is 2.12. The predicted molar refractivity (Wildman–Crippen MR) is 56.9 cm³/mol. The average Bonchev–Trinajstić information content (AvgIpc) is 3.08. The van der Waals surface area contributed by atoms with E-state index in [1.54, 1.807) is 0 Å². The van der Waals surface area contributed by atoms with Gasteiger partial charge in [-0.05, 0) is 6.42 Å². The molecule has 0 aromatic heterocycles. The van der Waals surface area contributed by atoms with Crippen molar-refractivity contribution in [3.05, 3.63) is 0 Å². The molecule has 90 valence electrons. The summed E-state index contributed by atoms with van der Waals surface area (Å²) in [6, 6.07) is 0. The largest absolute Gasteiger partial charge is 0.396 e. The molecule has 1 N–H and O–H groups in total. The third-order valence-corrected chi connectivity index (χ3v) is 2.17. The lowest BCUT2D eigenvalue weighted by atomic mass is 10.3. The Bertz CT molecular complexity index is 128. The summed E-state index contributed by atoms with van der Waals surface area (Å²) in [7, 11) is 0. The molecule has 4 nitrogen and oxygen atoms in total. The Labute approximate surface area is 91.5 Å². The second kappa shape index (κ2) is 8.05. The zero-order valence-electron chi connectivity index (χ0n) is 9.48. The number of aliphatic hydroxyl groups excluding tert-OH is 1. The van der Waals surface area contributed by atoms with Gasteiger partial charge in [-0.1, -0.05) is 19.8 Å². The summed E-state index contributed by atoms with van der Waals surface area (Å²) in [5.74, 6) is 0. The Kier molecular flexibility index (Phi) is 6.92. The summed E-state index contributed by atoms with van der Waals surface area (Å²) >= 11 is 0. The number of hydrogen-bond donors (Lipinski definition) is 1. The Balaban J connectivity index is 0.000000167. The lowest BCUT2D eigenvalue weighted by Crippen LogP contribution is -2.06. The number of ether oxygens (including phenoxy) is 3. The van der Waals surface area contributed by atoms with Crippen molar-refractivity contribution in [2.45, 2.75) is 38.4 Å². The Morgan fingerprint density at radius 1 is 1.13 bits per heavy atom. The summed E-state index contributed by atoms with van der Waals surface area (Å²) in [6.07, 6.45) is 4.11. The van der Waals surface area contributed by atoms with Gasteiger partial charge < -0.3 is 19.3 Å². The van der Waals surface area contributed by atoms with Crippen molar-refractivity contribution in [1.82, 2.24) is 0 Å². The predicted octanol–water partition coefficient (Wildman–Crippen LogP) is 0.969. The van der Waals surface area contributed by atoms with Crippen LogP contribution in [0.3, 0.4) is 0 Å². The molecule has 2 unspecified atom stereocenters. The fraction of sp³-hybridized carbons (Fsp3) is 1.00. The van der Waals surface area contributed by atoms with Gasteiger partial charge in [0.2, 0.25) is 0 Å². The first kappa shape index (κ1) is 12.9. The van der Waals surface area contributed by atoms with E-state index >= 15 is 0 Å². The van der Waals surface area contributed by atoms with Crippen LogP contribution in [0.1, 0.15) is 26.2 Å². The number of epoxide rings is 2. The van der Waals surface area contributed by atoms with Gasteiger partial charge in [-0.3, -0.25) is 0 Å². The van der Waals surface area contributed by atoms with E-state index in [9.17, 15) is 0 Å². The Morgan fingerprint density at radius 2 is 1.67 bits per heavy atom. The third-order valence-electron chi connectivity index (χ3n) is 2.17. The van der Waals surface area contributed by atoms with Crippen molar-refractivity contribution in [3.8, 4) is 0 Å². The van der Waals surface area contributed by atoms with E-state index < -0.39 is 0 Å². The fourth-order valence-electron chi connectivity index (χ4n) is 1.02. The number of aliphatic hydroxyl groups is 1. The molecular formula is C11H22O4. The molecule has 15 heavy (non-hydrogen) atoms. The standard InChI is InChI=1S/C6H10O3.C5H12O/c1(5-3-8-5)7-2-6-4-9-6;1-2-3-4-5-6/h5-6H,1-4H2;6H,2-5H2,1H3. The molecule has 2 aliphatic rings. The van der Waals surface area contributed by atoms with Crippen LogP contribution in [0.15, 0.2) is 0 Å². The molecule has 2 aliphatic heterocycles. The average molecular weight is 218 g/mol. The first-order chi connectivity index (χ1) is 7.36. The van der Waals surface area contributed by atoms with Crippen molar-refractivity contribution in [2.24, 2.45) is 0 Å². The lowest BCUT2D eigenvalue weighted by molar-refractivity contribution is 0.102. The first-order valence-electron chi connectivity index (χ1n) is 5.78. The normalized spacial score (nSPS) is 26.8. The van der Waals surface area contributed by atoms with Gasteiger partial charge in [0, 0.05) is 6.61 Å². The Morgan fingerprint density at radius 3 is 1.93 bits per heavy atom. The van der Waals surface area contributed by atoms with Crippen LogP contribution in [0.4, 0.5) is 0 Å². The zero-order valence-corrected chi connectivity index (χ0v) is 9.48. The highest BCUT2D eigenvalue weighted by Gasteiger charge is 2.26. The quantitative estimate of drug-likeness (QED) is 0.511. The maximum absolute atomic E-state index is 8.20. The molecule has 2 heterocycles. The summed E-state index contributed by atoms with van der Waals surface area (Å²) in [5, 5.41) is 8.20. The Hall–Kier alpha value is -0.160. The second-order valence-corrected chi connectivity index (χ2v) is 3.88. The van der Waals surface area contributed by atoms with Crippen molar-refractivity contribution >= 4 is 0 Å². The molecule has 0 aromatic rings. The summed E-state index contributed by atoms with van der Waals surface area (Å²) < 4.78 is 15.1. The van der Waals surface area contributed by atoms with Crippen LogP contribution in [0.25, 0.3) is 0 Å². The number of hydrogen-bond acceptors (Lipinski definition) is 4. The van der Waals surface area contributed by atoms with Gasteiger partial charge in [-0.15, -0.1) is 0 Å². The number of unbranched alkanes of at least 4 members (excludes halogenated alkanes) is 2. The molecule has 4 heteroatoms. The highest BCUT2D eigenvalue weighted by molar-refractivity contribution is 4.71. The van der Waals surface area contributed by atoms with Crippen LogP contribution in [0, 0.1) is 0 Å². The van der Waals surface area contributed by atoms with Gasteiger partial charge in [0.25, 0.3) is 0 Å². The summed E-state index contributed by atoms with van der Waals surface area (Å²) in [4.78, 5) is 0. The maximum Gasteiger partial charge on any atom is 0.104 e. The van der Waals surface area contributed by atoms with Gasteiger partial charge in [0.15, 0.2) is 0 Å². The minimum atomic E-state index is 0.355. The van der Waals surface area contributed by atoms with E-state index in [1.807, 2.05) is 0 Å². The maximum atomic E-state index is 8.20. The van der Waals surface area contributed by atoms with E-state index in [1.165, 1.54) is 6.42 Å². The smallest absolute Gasteiger partial charge is 0.104 e. The second-order valence-electron chi connectivity index (χ2n) is 3.88. The fourth-order valence-corrected chi connectivity index (χ4v) is 1.02. The van der Waals surface area contributed by atoms with Crippen molar-refractivity contribution in [2.75, 3.05) is 33.0 Å². The van der Waals surface area contributed by atoms with Gasteiger partial charge in [0.05, 0.1) is 26.4 Å². The van der Waals surface area contributed by atoms with E-state index in [-0.39, 0.29) is 0 Å².